The lowest BCUT2D eigenvalue weighted by Crippen LogP contribution is -2.20. The Kier molecular flexibility index (Phi) is 5.31. The zero-order chi connectivity index (χ0) is 15.2. The molecule has 1 N–H and O–H groups in total. The lowest BCUT2D eigenvalue weighted by molar-refractivity contribution is -0.118. The first-order valence-electron chi connectivity index (χ1n) is 6.10. The number of carbonyl (C=O) groups is 1. The quantitative estimate of drug-likeness (QED) is 0.903. The van der Waals surface area contributed by atoms with Crippen molar-refractivity contribution in [3.8, 4) is 11.5 Å². The predicted molar refractivity (Wildman–Crippen MR) is 83.6 cm³/mol. The van der Waals surface area contributed by atoms with Gasteiger partial charge in [0.25, 0.3) is 5.91 Å². The second-order valence-electron chi connectivity index (χ2n) is 4.14. The van der Waals surface area contributed by atoms with E-state index in [1.54, 1.807) is 42.5 Å². The summed E-state index contributed by atoms with van der Waals surface area (Å²) in [6, 6.07) is 11.8. The molecule has 0 unspecified atom stereocenters. The van der Waals surface area contributed by atoms with Gasteiger partial charge in [0.15, 0.2) is 6.61 Å². The van der Waals surface area contributed by atoms with Gasteiger partial charge in [-0.05, 0) is 36.4 Å². The molecular formula is C15H13Cl2NO3. The summed E-state index contributed by atoms with van der Waals surface area (Å²) >= 11 is 11.7. The molecule has 0 fully saturated rings. The second-order valence-corrected chi connectivity index (χ2v) is 5.01. The summed E-state index contributed by atoms with van der Waals surface area (Å²) < 4.78 is 10.5. The fraction of sp³-hybridized carbons (Fsp3) is 0.133. The van der Waals surface area contributed by atoms with Crippen molar-refractivity contribution in [1.82, 2.24) is 0 Å². The molecule has 21 heavy (non-hydrogen) atoms. The highest BCUT2D eigenvalue weighted by atomic mass is 35.5. The van der Waals surface area contributed by atoms with E-state index < -0.39 is 0 Å². The van der Waals surface area contributed by atoms with Crippen molar-refractivity contribution >= 4 is 34.8 Å². The molecule has 1 amide bonds. The first-order valence-corrected chi connectivity index (χ1v) is 6.86. The van der Waals surface area contributed by atoms with E-state index in [-0.39, 0.29) is 12.5 Å². The Labute approximate surface area is 132 Å². The number of anilines is 1. The monoisotopic (exact) mass is 325 g/mol. The normalized spacial score (nSPS) is 10.0. The number of amides is 1. The predicted octanol–water partition coefficient (Wildman–Crippen LogP) is 4.02. The van der Waals surface area contributed by atoms with E-state index in [0.29, 0.717) is 27.2 Å². The van der Waals surface area contributed by atoms with Crippen molar-refractivity contribution in [1.29, 1.82) is 0 Å². The van der Waals surface area contributed by atoms with Crippen molar-refractivity contribution in [3.63, 3.8) is 0 Å². The molecule has 0 aliphatic carbocycles. The number of hydrogen-bond donors (Lipinski definition) is 1. The van der Waals surface area contributed by atoms with Crippen LogP contribution in [-0.4, -0.2) is 19.6 Å². The molecule has 2 aromatic carbocycles. The number of hydrogen-bond acceptors (Lipinski definition) is 3. The zero-order valence-electron chi connectivity index (χ0n) is 11.2. The van der Waals surface area contributed by atoms with Crippen molar-refractivity contribution < 1.29 is 14.3 Å². The Morgan fingerprint density at radius 3 is 2.62 bits per heavy atom. The molecule has 0 saturated carbocycles. The van der Waals surface area contributed by atoms with Crippen LogP contribution in [-0.2, 0) is 4.79 Å². The van der Waals surface area contributed by atoms with E-state index in [1.165, 1.54) is 7.11 Å². The van der Waals surface area contributed by atoms with Gasteiger partial charge in [-0.2, -0.15) is 0 Å². The van der Waals surface area contributed by atoms with Crippen LogP contribution >= 0.6 is 23.2 Å². The first kappa shape index (κ1) is 15.5. The summed E-state index contributed by atoms with van der Waals surface area (Å²) in [5.74, 6) is 0.724. The fourth-order valence-electron chi connectivity index (χ4n) is 1.67. The Hall–Kier alpha value is -1.91. The van der Waals surface area contributed by atoms with Gasteiger partial charge in [-0.15, -0.1) is 0 Å². The third-order valence-corrected chi connectivity index (χ3v) is 3.07. The highest BCUT2D eigenvalue weighted by molar-refractivity contribution is 6.31. The summed E-state index contributed by atoms with van der Waals surface area (Å²) in [7, 11) is 1.52. The Morgan fingerprint density at radius 1 is 1.14 bits per heavy atom. The van der Waals surface area contributed by atoms with Crippen molar-refractivity contribution in [2.24, 2.45) is 0 Å². The van der Waals surface area contributed by atoms with E-state index in [1.807, 2.05) is 0 Å². The van der Waals surface area contributed by atoms with Crippen LogP contribution in [0.3, 0.4) is 0 Å². The minimum absolute atomic E-state index is 0.143. The van der Waals surface area contributed by atoms with Crippen LogP contribution in [0.1, 0.15) is 0 Å². The molecule has 0 aliphatic rings. The van der Waals surface area contributed by atoms with Gasteiger partial charge in [-0.3, -0.25) is 4.79 Å². The van der Waals surface area contributed by atoms with Crippen molar-refractivity contribution in [3.05, 3.63) is 52.5 Å². The second kappa shape index (κ2) is 7.20. The van der Waals surface area contributed by atoms with E-state index >= 15 is 0 Å². The molecule has 0 atom stereocenters. The highest BCUT2D eigenvalue weighted by Gasteiger charge is 2.09. The van der Waals surface area contributed by atoms with Gasteiger partial charge < -0.3 is 14.8 Å². The topological polar surface area (TPSA) is 47.6 Å². The highest BCUT2D eigenvalue weighted by Crippen LogP contribution is 2.27. The van der Waals surface area contributed by atoms with E-state index in [2.05, 4.69) is 5.32 Å². The molecule has 0 radical (unpaired) electrons. The Bertz CT molecular complexity index is 647. The van der Waals surface area contributed by atoms with E-state index in [0.717, 1.165) is 0 Å². The number of benzene rings is 2. The lowest BCUT2D eigenvalue weighted by Gasteiger charge is -2.11. The van der Waals surface area contributed by atoms with Gasteiger partial charge in [-0.1, -0.05) is 29.3 Å². The summed E-state index contributed by atoms with van der Waals surface area (Å²) in [4.78, 5) is 11.9. The van der Waals surface area contributed by atoms with Gasteiger partial charge in [0.2, 0.25) is 0 Å². The molecule has 0 aliphatic heterocycles. The average Bonchev–Trinajstić information content (AvgIpc) is 2.45. The maximum Gasteiger partial charge on any atom is 0.262 e. The average molecular weight is 326 g/mol. The summed E-state index contributed by atoms with van der Waals surface area (Å²) in [6.45, 7) is -0.143. The number of halogens is 2. The van der Waals surface area contributed by atoms with E-state index in [4.69, 9.17) is 32.7 Å². The minimum atomic E-state index is -0.324. The molecule has 6 heteroatoms. The van der Waals surface area contributed by atoms with Crippen LogP contribution in [0.25, 0.3) is 0 Å². The van der Waals surface area contributed by atoms with Gasteiger partial charge in [0, 0.05) is 10.0 Å². The molecule has 2 rings (SSSR count). The largest absolute Gasteiger partial charge is 0.495 e. The van der Waals surface area contributed by atoms with Gasteiger partial charge in [0.1, 0.15) is 11.5 Å². The molecule has 2 aromatic rings. The van der Waals surface area contributed by atoms with E-state index in [9.17, 15) is 4.79 Å². The summed E-state index contributed by atoms with van der Waals surface area (Å²) in [6.07, 6.45) is 0. The van der Waals surface area contributed by atoms with Crippen LogP contribution in [0.15, 0.2) is 42.5 Å². The summed E-state index contributed by atoms with van der Waals surface area (Å²) in [5, 5.41) is 3.73. The molecule has 0 aromatic heterocycles. The first-order chi connectivity index (χ1) is 10.1. The summed E-state index contributed by atoms with van der Waals surface area (Å²) in [5.41, 5.74) is 0.490. The molecular weight excluding hydrogens is 313 g/mol. The molecule has 0 spiro atoms. The Balaban J connectivity index is 1.97. The number of methoxy groups -OCH3 is 1. The number of nitrogens with one attached hydrogen (secondary N) is 1. The minimum Gasteiger partial charge on any atom is -0.495 e. The molecule has 0 bridgehead atoms. The zero-order valence-corrected chi connectivity index (χ0v) is 12.7. The van der Waals surface area contributed by atoms with Crippen molar-refractivity contribution in [2.45, 2.75) is 0 Å². The van der Waals surface area contributed by atoms with Crippen LogP contribution in [0, 0.1) is 0 Å². The van der Waals surface area contributed by atoms with Crippen LogP contribution < -0.4 is 14.8 Å². The number of rotatable bonds is 5. The molecule has 4 nitrogen and oxygen atoms in total. The number of carbonyl (C=O) groups excluding carboxylic acids is 1. The maximum atomic E-state index is 11.9. The van der Waals surface area contributed by atoms with Gasteiger partial charge in [-0.25, -0.2) is 0 Å². The van der Waals surface area contributed by atoms with Crippen LogP contribution in [0.2, 0.25) is 10.0 Å². The third-order valence-electron chi connectivity index (χ3n) is 2.60. The molecule has 0 saturated heterocycles. The Morgan fingerprint density at radius 2 is 1.90 bits per heavy atom. The van der Waals surface area contributed by atoms with Gasteiger partial charge >= 0.3 is 0 Å². The third kappa shape index (κ3) is 4.55. The van der Waals surface area contributed by atoms with Crippen LogP contribution in [0.5, 0.6) is 11.5 Å². The lowest BCUT2D eigenvalue weighted by atomic mass is 10.3. The number of ether oxygens (including phenoxy) is 2. The van der Waals surface area contributed by atoms with Gasteiger partial charge in [0.05, 0.1) is 12.8 Å². The molecule has 0 heterocycles. The fourth-order valence-corrected chi connectivity index (χ4v) is 2.02. The standard InChI is InChI=1S/C15H13Cl2NO3/c1-20-14-6-5-11(17)8-13(14)18-15(19)9-21-12-4-2-3-10(16)7-12/h2-8H,9H2,1H3,(H,18,19). The van der Waals surface area contributed by atoms with Crippen LogP contribution in [0.4, 0.5) is 5.69 Å². The SMILES string of the molecule is COc1ccc(Cl)cc1NC(=O)COc1cccc(Cl)c1. The maximum absolute atomic E-state index is 11.9. The smallest absolute Gasteiger partial charge is 0.262 e. The van der Waals surface area contributed by atoms with Crippen molar-refractivity contribution in [2.75, 3.05) is 19.0 Å². The molecule has 110 valence electrons.